The molecule has 0 spiro atoms. The molecule has 0 bridgehead atoms. The van der Waals surface area contributed by atoms with Crippen LogP contribution in [0.2, 0.25) is 0 Å². The van der Waals surface area contributed by atoms with Crippen LogP contribution in [0.1, 0.15) is 5.56 Å². The fourth-order valence-electron chi connectivity index (χ4n) is 0.961. The van der Waals surface area contributed by atoms with Crippen molar-refractivity contribution in [1.29, 1.82) is 0 Å². The quantitative estimate of drug-likeness (QED) is 0.467. The predicted octanol–water partition coefficient (Wildman–Crippen LogP) is 1.52. The zero-order valence-electron chi connectivity index (χ0n) is 7.78. The van der Waals surface area contributed by atoms with Crippen LogP contribution < -0.4 is 0 Å². The molecule has 0 radical (unpaired) electrons. The predicted molar refractivity (Wildman–Crippen MR) is 49.6 cm³/mol. The molecule has 6 heteroatoms. The lowest BCUT2D eigenvalue weighted by atomic mass is 10.1. The molecule has 0 saturated carbocycles. The molecule has 0 amide bonds. The topological polar surface area (TPSA) is 74.6 Å². The number of hydrogen-bond donors (Lipinski definition) is 2. The van der Waals surface area contributed by atoms with Crippen molar-refractivity contribution in [1.82, 2.24) is 0 Å². The van der Waals surface area contributed by atoms with Crippen molar-refractivity contribution >= 4 is 17.5 Å². The standard InChI is InChI=1S/C10H6F2O4/c11-5-1-2-6(7(12)3-5)8(13)4-9(14)10(15)16/h1-4,13H,(H,15,16)/b8-4-. The normalized spacial score (nSPS) is 11.2. The average Bonchev–Trinajstić information content (AvgIpc) is 2.16. The summed E-state index contributed by atoms with van der Waals surface area (Å²) in [6, 6.07) is 2.27. The molecule has 1 aromatic rings. The number of ketones is 1. The van der Waals surface area contributed by atoms with Gasteiger partial charge in [-0.2, -0.15) is 0 Å². The number of hydrogen-bond acceptors (Lipinski definition) is 3. The SMILES string of the molecule is O=C(O)C(=O)/C=C(\O)c1ccc(F)cc1F. The second kappa shape index (κ2) is 4.52. The maximum Gasteiger partial charge on any atom is 0.376 e. The van der Waals surface area contributed by atoms with Crippen LogP contribution >= 0.6 is 0 Å². The van der Waals surface area contributed by atoms with Crippen molar-refractivity contribution in [2.45, 2.75) is 0 Å². The van der Waals surface area contributed by atoms with Crippen LogP contribution in [-0.4, -0.2) is 22.0 Å². The van der Waals surface area contributed by atoms with Crippen LogP contribution in [-0.2, 0) is 9.59 Å². The Balaban J connectivity index is 3.10. The minimum atomic E-state index is -1.78. The van der Waals surface area contributed by atoms with Gasteiger partial charge in [-0.25, -0.2) is 13.6 Å². The molecule has 84 valence electrons. The van der Waals surface area contributed by atoms with E-state index in [4.69, 9.17) is 5.11 Å². The fourth-order valence-corrected chi connectivity index (χ4v) is 0.961. The van der Waals surface area contributed by atoms with Gasteiger partial charge in [-0.1, -0.05) is 0 Å². The van der Waals surface area contributed by atoms with Crippen molar-refractivity contribution in [2.75, 3.05) is 0 Å². The summed E-state index contributed by atoms with van der Waals surface area (Å²) in [5.41, 5.74) is -0.448. The lowest BCUT2D eigenvalue weighted by Crippen LogP contribution is -2.09. The number of aliphatic carboxylic acids is 1. The first-order valence-electron chi connectivity index (χ1n) is 4.05. The molecular formula is C10H6F2O4. The van der Waals surface area contributed by atoms with Gasteiger partial charge in [-0.05, 0) is 12.1 Å². The number of carboxylic acids is 1. The lowest BCUT2D eigenvalue weighted by molar-refractivity contribution is -0.146. The molecule has 0 aliphatic heterocycles. The number of halogens is 2. The Kier molecular flexibility index (Phi) is 3.34. The van der Waals surface area contributed by atoms with Gasteiger partial charge in [0.2, 0.25) is 0 Å². The summed E-state index contributed by atoms with van der Waals surface area (Å²) in [4.78, 5) is 20.8. The molecule has 4 nitrogen and oxygen atoms in total. The summed E-state index contributed by atoms with van der Waals surface area (Å²) in [5.74, 6) is -5.99. The van der Waals surface area contributed by atoms with Crippen LogP contribution in [0.4, 0.5) is 8.78 Å². The van der Waals surface area contributed by atoms with Crippen LogP contribution in [0, 0.1) is 11.6 Å². The van der Waals surface area contributed by atoms with Crippen molar-refractivity contribution in [3.63, 3.8) is 0 Å². The van der Waals surface area contributed by atoms with E-state index in [0.717, 1.165) is 12.1 Å². The third-order valence-corrected chi connectivity index (χ3v) is 1.69. The van der Waals surface area contributed by atoms with Crippen molar-refractivity contribution in [3.05, 3.63) is 41.5 Å². The summed E-state index contributed by atoms with van der Waals surface area (Å²) >= 11 is 0. The van der Waals surface area contributed by atoms with E-state index in [1.54, 1.807) is 0 Å². The number of carbonyl (C=O) groups is 2. The van der Waals surface area contributed by atoms with E-state index in [-0.39, 0.29) is 0 Å². The summed E-state index contributed by atoms with van der Waals surface area (Å²) in [7, 11) is 0. The van der Waals surface area contributed by atoms with Crippen LogP contribution in [0.3, 0.4) is 0 Å². The van der Waals surface area contributed by atoms with Crippen LogP contribution in [0.25, 0.3) is 5.76 Å². The number of carboxylic acid groups (broad SMARTS) is 1. The molecule has 0 unspecified atom stereocenters. The third kappa shape index (κ3) is 2.63. The Morgan fingerprint density at radius 3 is 2.31 bits per heavy atom. The fraction of sp³-hybridized carbons (Fsp3) is 0. The first-order chi connectivity index (χ1) is 7.41. The molecule has 0 saturated heterocycles. The largest absolute Gasteiger partial charge is 0.507 e. The summed E-state index contributed by atoms with van der Waals surface area (Å²) < 4.78 is 25.6. The molecule has 1 rings (SSSR count). The molecular weight excluding hydrogens is 222 g/mol. The third-order valence-electron chi connectivity index (χ3n) is 1.69. The van der Waals surface area contributed by atoms with Gasteiger partial charge in [0.15, 0.2) is 0 Å². The highest BCUT2D eigenvalue weighted by Gasteiger charge is 2.13. The molecule has 0 fully saturated rings. The number of carbonyl (C=O) groups excluding carboxylic acids is 1. The molecule has 0 aliphatic rings. The van der Waals surface area contributed by atoms with E-state index in [2.05, 4.69) is 0 Å². The zero-order valence-corrected chi connectivity index (χ0v) is 7.78. The minimum absolute atomic E-state index is 0.346. The highest BCUT2D eigenvalue weighted by Crippen LogP contribution is 2.16. The molecule has 0 atom stereocenters. The smallest absolute Gasteiger partial charge is 0.376 e. The number of aliphatic hydroxyl groups excluding tert-OH is 1. The first-order valence-corrected chi connectivity index (χ1v) is 4.05. The van der Waals surface area contributed by atoms with E-state index >= 15 is 0 Å². The monoisotopic (exact) mass is 228 g/mol. The van der Waals surface area contributed by atoms with Gasteiger partial charge in [0, 0.05) is 12.1 Å². The van der Waals surface area contributed by atoms with E-state index < -0.39 is 34.7 Å². The highest BCUT2D eigenvalue weighted by atomic mass is 19.1. The van der Waals surface area contributed by atoms with E-state index in [1.165, 1.54) is 0 Å². The second-order valence-corrected chi connectivity index (χ2v) is 2.82. The summed E-state index contributed by atoms with van der Waals surface area (Å²) in [6.07, 6.45) is 0.346. The molecule has 2 N–H and O–H groups in total. The zero-order chi connectivity index (χ0) is 12.3. The number of benzene rings is 1. The average molecular weight is 228 g/mol. The van der Waals surface area contributed by atoms with Crippen molar-refractivity contribution in [3.8, 4) is 0 Å². The van der Waals surface area contributed by atoms with Crippen molar-refractivity contribution in [2.24, 2.45) is 0 Å². The molecule has 0 heterocycles. The number of rotatable bonds is 3. The van der Waals surface area contributed by atoms with Gasteiger partial charge in [-0.3, -0.25) is 4.79 Å². The van der Waals surface area contributed by atoms with Crippen LogP contribution in [0.5, 0.6) is 0 Å². The Morgan fingerprint density at radius 1 is 1.19 bits per heavy atom. The Labute approximate surface area is 88.4 Å². The van der Waals surface area contributed by atoms with E-state index in [9.17, 15) is 23.5 Å². The van der Waals surface area contributed by atoms with Gasteiger partial charge in [0.05, 0.1) is 5.56 Å². The Bertz CT molecular complexity index is 480. The van der Waals surface area contributed by atoms with Crippen LogP contribution in [0.15, 0.2) is 24.3 Å². The molecule has 16 heavy (non-hydrogen) atoms. The summed E-state index contributed by atoms with van der Waals surface area (Å²) in [6.45, 7) is 0. The van der Waals surface area contributed by atoms with Gasteiger partial charge in [-0.15, -0.1) is 0 Å². The number of aliphatic hydroxyl groups is 1. The molecule has 0 aliphatic carbocycles. The van der Waals surface area contributed by atoms with Crippen molar-refractivity contribution < 1.29 is 28.6 Å². The maximum absolute atomic E-state index is 13.1. The maximum atomic E-state index is 13.1. The Hall–Kier alpha value is -2.24. The van der Waals surface area contributed by atoms with E-state index in [0.29, 0.717) is 12.1 Å². The minimum Gasteiger partial charge on any atom is -0.507 e. The molecule has 1 aromatic carbocycles. The molecule has 0 aromatic heterocycles. The van der Waals surface area contributed by atoms with Gasteiger partial charge in [0.1, 0.15) is 17.4 Å². The first kappa shape index (κ1) is 11.8. The van der Waals surface area contributed by atoms with Gasteiger partial charge >= 0.3 is 5.97 Å². The van der Waals surface area contributed by atoms with Gasteiger partial charge < -0.3 is 10.2 Å². The van der Waals surface area contributed by atoms with E-state index in [1.807, 2.05) is 0 Å². The lowest BCUT2D eigenvalue weighted by Gasteiger charge is -2.01. The van der Waals surface area contributed by atoms with Gasteiger partial charge in [0.25, 0.3) is 5.78 Å². The highest BCUT2D eigenvalue weighted by molar-refractivity contribution is 6.38. The second-order valence-electron chi connectivity index (χ2n) is 2.82. The summed E-state index contributed by atoms with van der Waals surface area (Å²) in [5, 5.41) is 17.5. The Morgan fingerprint density at radius 2 is 1.81 bits per heavy atom.